The molecule has 1 fully saturated rings. The van der Waals surface area contributed by atoms with E-state index in [2.05, 4.69) is 17.1 Å². The van der Waals surface area contributed by atoms with Gasteiger partial charge in [-0.2, -0.15) is 0 Å². The molecular weight excluding hydrogens is 396 g/mol. The predicted octanol–water partition coefficient (Wildman–Crippen LogP) is 1.59. The molecule has 1 aliphatic heterocycles. The van der Waals surface area contributed by atoms with Gasteiger partial charge in [-0.1, -0.05) is 30.3 Å². The molecule has 8 nitrogen and oxygen atoms in total. The molecule has 0 N–H and O–H groups in total. The summed E-state index contributed by atoms with van der Waals surface area (Å²) in [7, 11) is 2.99. The molecule has 0 spiro atoms. The smallest absolute Gasteiger partial charge is 0.332 e. The van der Waals surface area contributed by atoms with Crippen LogP contribution in [0.4, 0.5) is 0 Å². The SMILES string of the molecule is COc1ccnc2c1c(=O)n(CC(=O)N1CCC(Cc3ccccc3)CC1)c(=O)n2C. The lowest BCUT2D eigenvalue weighted by molar-refractivity contribution is -0.133. The lowest BCUT2D eigenvalue weighted by Crippen LogP contribution is -2.46. The zero-order valence-electron chi connectivity index (χ0n) is 17.8. The molecule has 1 saturated heterocycles. The number of benzene rings is 1. The Balaban J connectivity index is 1.50. The van der Waals surface area contributed by atoms with Crippen LogP contribution in [-0.4, -0.2) is 45.1 Å². The van der Waals surface area contributed by atoms with E-state index in [-0.39, 0.29) is 23.5 Å². The van der Waals surface area contributed by atoms with Gasteiger partial charge < -0.3 is 9.64 Å². The van der Waals surface area contributed by atoms with Crippen molar-refractivity contribution in [1.29, 1.82) is 0 Å². The molecule has 2 aromatic heterocycles. The first kappa shape index (κ1) is 20.8. The van der Waals surface area contributed by atoms with Gasteiger partial charge in [-0.05, 0) is 36.8 Å². The Hall–Kier alpha value is -3.42. The molecule has 0 saturated carbocycles. The van der Waals surface area contributed by atoms with E-state index in [4.69, 9.17) is 4.74 Å². The Labute approximate surface area is 179 Å². The van der Waals surface area contributed by atoms with Crippen molar-refractivity contribution in [2.24, 2.45) is 13.0 Å². The molecule has 162 valence electrons. The number of amides is 1. The summed E-state index contributed by atoms with van der Waals surface area (Å²) in [6.45, 7) is 0.969. The summed E-state index contributed by atoms with van der Waals surface area (Å²) in [6, 6.07) is 11.9. The van der Waals surface area contributed by atoms with Gasteiger partial charge in [0.2, 0.25) is 5.91 Å². The monoisotopic (exact) mass is 422 g/mol. The Morgan fingerprint density at radius 2 is 1.84 bits per heavy atom. The third kappa shape index (κ3) is 4.10. The maximum absolute atomic E-state index is 13.0. The molecule has 0 atom stereocenters. The zero-order chi connectivity index (χ0) is 22.0. The Morgan fingerprint density at radius 3 is 2.52 bits per heavy atom. The molecule has 3 aromatic rings. The number of hydrogen-bond acceptors (Lipinski definition) is 5. The van der Waals surface area contributed by atoms with E-state index in [0.717, 1.165) is 23.8 Å². The van der Waals surface area contributed by atoms with Gasteiger partial charge in [0.1, 0.15) is 17.7 Å². The van der Waals surface area contributed by atoms with E-state index in [9.17, 15) is 14.4 Å². The standard InChI is InChI=1S/C23H26N4O4/c1-25-21-20(18(31-2)8-11-24-21)22(29)27(23(25)30)15-19(28)26-12-9-17(10-13-26)14-16-6-4-3-5-7-16/h3-8,11,17H,9-10,12-15H2,1-2H3. The van der Waals surface area contributed by atoms with Crippen molar-refractivity contribution in [2.75, 3.05) is 20.2 Å². The van der Waals surface area contributed by atoms with Gasteiger partial charge in [-0.3, -0.25) is 14.2 Å². The second-order valence-electron chi connectivity index (χ2n) is 7.96. The van der Waals surface area contributed by atoms with Crippen LogP contribution in [0.25, 0.3) is 11.0 Å². The van der Waals surface area contributed by atoms with Gasteiger partial charge in [0.25, 0.3) is 5.56 Å². The van der Waals surface area contributed by atoms with E-state index in [0.29, 0.717) is 24.8 Å². The van der Waals surface area contributed by atoms with E-state index >= 15 is 0 Å². The molecule has 1 amide bonds. The van der Waals surface area contributed by atoms with Crippen molar-refractivity contribution in [3.05, 3.63) is 69.0 Å². The third-order valence-corrected chi connectivity index (χ3v) is 6.04. The van der Waals surface area contributed by atoms with E-state index < -0.39 is 11.2 Å². The number of methoxy groups -OCH3 is 1. The van der Waals surface area contributed by atoms with Crippen LogP contribution in [0.15, 0.2) is 52.2 Å². The van der Waals surface area contributed by atoms with Crippen LogP contribution in [0.5, 0.6) is 5.75 Å². The number of likely N-dealkylation sites (tertiary alicyclic amines) is 1. The summed E-state index contributed by atoms with van der Waals surface area (Å²) >= 11 is 0. The fourth-order valence-corrected chi connectivity index (χ4v) is 4.26. The number of aromatic nitrogens is 3. The van der Waals surface area contributed by atoms with Crippen molar-refractivity contribution >= 4 is 16.9 Å². The molecule has 4 rings (SSSR count). The number of fused-ring (bicyclic) bond motifs is 1. The van der Waals surface area contributed by atoms with E-state index in [1.165, 1.54) is 30.5 Å². The molecule has 0 radical (unpaired) electrons. The predicted molar refractivity (Wildman–Crippen MR) is 117 cm³/mol. The van der Waals surface area contributed by atoms with Crippen molar-refractivity contribution in [2.45, 2.75) is 25.8 Å². The summed E-state index contributed by atoms with van der Waals surface area (Å²) in [6.07, 6.45) is 4.29. The van der Waals surface area contributed by atoms with Crippen molar-refractivity contribution in [1.82, 2.24) is 19.0 Å². The van der Waals surface area contributed by atoms with Crippen molar-refractivity contribution < 1.29 is 9.53 Å². The fourth-order valence-electron chi connectivity index (χ4n) is 4.26. The van der Waals surface area contributed by atoms with Gasteiger partial charge in [0.05, 0.1) is 7.11 Å². The number of hydrogen-bond donors (Lipinski definition) is 0. The number of ether oxygens (including phenoxy) is 1. The number of piperidine rings is 1. The molecular formula is C23H26N4O4. The van der Waals surface area contributed by atoms with Gasteiger partial charge in [0, 0.05) is 26.3 Å². The van der Waals surface area contributed by atoms with Crippen LogP contribution in [0.1, 0.15) is 18.4 Å². The molecule has 0 aliphatic carbocycles. The highest BCUT2D eigenvalue weighted by Crippen LogP contribution is 2.22. The highest BCUT2D eigenvalue weighted by Gasteiger charge is 2.25. The van der Waals surface area contributed by atoms with Crippen LogP contribution in [0, 0.1) is 5.92 Å². The van der Waals surface area contributed by atoms with Gasteiger partial charge in [0.15, 0.2) is 5.65 Å². The highest BCUT2D eigenvalue weighted by molar-refractivity contribution is 5.82. The first-order chi connectivity index (χ1) is 15.0. The summed E-state index contributed by atoms with van der Waals surface area (Å²) in [4.78, 5) is 44.6. The van der Waals surface area contributed by atoms with Crippen molar-refractivity contribution in [3.63, 3.8) is 0 Å². The first-order valence-electron chi connectivity index (χ1n) is 10.4. The Bertz CT molecular complexity index is 1210. The molecule has 0 unspecified atom stereocenters. The summed E-state index contributed by atoms with van der Waals surface area (Å²) in [5, 5.41) is 0.196. The number of carbonyl (C=O) groups excluding carboxylic acids is 1. The minimum absolute atomic E-state index is 0.196. The molecule has 1 aliphatic rings. The van der Waals surface area contributed by atoms with E-state index in [1.807, 2.05) is 18.2 Å². The minimum atomic E-state index is -0.564. The Morgan fingerprint density at radius 1 is 1.13 bits per heavy atom. The van der Waals surface area contributed by atoms with Crippen LogP contribution in [0.3, 0.4) is 0 Å². The number of nitrogens with zero attached hydrogens (tertiary/aromatic N) is 4. The second kappa shape index (κ2) is 8.75. The number of carbonyl (C=O) groups is 1. The Kier molecular flexibility index (Phi) is 5.88. The lowest BCUT2D eigenvalue weighted by Gasteiger charge is -2.32. The average molecular weight is 422 g/mol. The van der Waals surface area contributed by atoms with Crippen LogP contribution >= 0.6 is 0 Å². The molecule has 3 heterocycles. The van der Waals surface area contributed by atoms with Crippen LogP contribution in [0.2, 0.25) is 0 Å². The van der Waals surface area contributed by atoms with Crippen LogP contribution in [-0.2, 0) is 24.8 Å². The van der Waals surface area contributed by atoms with Gasteiger partial charge >= 0.3 is 5.69 Å². The minimum Gasteiger partial charge on any atom is -0.496 e. The lowest BCUT2D eigenvalue weighted by atomic mass is 9.90. The maximum Gasteiger partial charge on any atom is 0.332 e. The molecule has 1 aromatic carbocycles. The quantitative estimate of drug-likeness (QED) is 0.623. The zero-order valence-corrected chi connectivity index (χ0v) is 17.8. The normalized spacial score (nSPS) is 14.7. The average Bonchev–Trinajstić information content (AvgIpc) is 2.81. The topological polar surface area (TPSA) is 86.4 Å². The summed E-state index contributed by atoms with van der Waals surface area (Å²) in [5.74, 6) is 0.631. The summed E-state index contributed by atoms with van der Waals surface area (Å²) < 4.78 is 7.53. The first-order valence-corrected chi connectivity index (χ1v) is 10.4. The number of pyridine rings is 1. The summed E-state index contributed by atoms with van der Waals surface area (Å²) in [5.41, 5.74) is 0.418. The molecule has 0 bridgehead atoms. The third-order valence-electron chi connectivity index (χ3n) is 6.04. The molecule has 31 heavy (non-hydrogen) atoms. The van der Waals surface area contributed by atoms with Gasteiger partial charge in [-0.15, -0.1) is 0 Å². The fraction of sp³-hybridized carbons (Fsp3) is 0.391. The molecule has 8 heteroatoms. The number of rotatable bonds is 5. The highest BCUT2D eigenvalue weighted by atomic mass is 16.5. The number of aryl methyl sites for hydroxylation is 1. The largest absolute Gasteiger partial charge is 0.496 e. The van der Waals surface area contributed by atoms with E-state index in [1.54, 1.807) is 11.0 Å². The second-order valence-corrected chi connectivity index (χ2v) is 7.96. The van der Waals surface area contributed by atoms with Crippen molar-refractivity contribution in [3.8, 4) is 5.75 Å². The maximum atomic E-state index is 13.0. The van der Waals surface area contributed by atoms with Gasteiger partial charge in [-0.25, -0.2) is 14.3 Å². The van der Waals surface area contributed by atoms with Crippen LogP contribution < -0.4 is 16.0 Å².